The van der Waals surface area contributed by atoms with Gasteiger partial charge in [0.1, 0.15) is 5.01 Å². The van der Waals surface area contributed by atoms with Crippen LogP contribution in [-0.4, -0.2) is 16.5 Å². The van der Waals surface area contributed by atoms with Gasteiger partial charge < -0.3 is 5.32 Å². The third kappa shape index (κ3) is 4.12. The van der Waals surface area contributed by atoms with Crippen molar-refractivity contribution in [2.45, 2.75) is 40.2 Å². The fraction of sp³-hybridized carbons (Fsp3) is 0.500. The number of nitrogens with zero attached hydrogens (tertiary/aromatic N) is 2. The highest BCUT2D eigenvalue weighted by molar-refractivity contribution is 7.15. The van der Waals surface area contributed by atoms with Crippen LogP contribution in [-0.2, 0) is 13.0 Å². The van der Waals surface area contributed by atoms with Crippen LogP contribution in [0.5, 0.6) is 0 Å². The lowest BCUT2D eigenvalue weighted by molar-refractivity contribution is 0.623. The first kappa shape index (κ1) is 15.1. The van der Waals surface area contributed by atoms with Crippen LogP contribution in [0.3, 0.4) is 0 Å². The molecule has 2 aromatic rings. The summed E-state index contributed by atoms with van der Waals surface area (Å²) < 4.78 is 0. The average molecular weight is 289 g/mol. The minimum atomic E-state index is 0.624. The standard InChI is InChI=1S/C16H23N3S/c1-4-8-17-11-15-14(10-12(2)3)19-16(20-15)13-7-5-6-9-18-13/h5-7,9,12,17H,4,8,10-11H2,1-3H3. The van der Waals surface area contributed by atoms with Crippen LogP contribution in [0.25, 0.3) is 10.7 Å². The van der Waals surface area contributed by atoms with E-state index in [0.29, 0.717) is 5.92 Å². The van der Waals surface area contributed by atoms with Crippen LogP contribution >= 0.6 is 11.3 Å². The number of aromatic nitrogens is 2. The Labute approximate surface area is 125 Å². The highest BCUT2D eigenvalue weighted by Gasteiger charge is 2.14. The smallest absolute Gasteiger partial charge is 0.142 e. The van der Waals surface area contributed by atoms with Crippen molar-refractivity contribution in [3.05, 3.63) is 35.0 Å². The minimum Gasteiger partial charge on any atom is -0.312 e. The van der Waals surface area contributed by atoms with E-state index in [9.17, 15) is 0 Å². The molecule has 1 N–H and O–H groups in total. The maximum absolute atomic E-state index is 4.82. The van der Waals surface area contributed by atoms with Crippen molar-refractivity contribution in [3.63, 3.8) is 0 Å². The van der Waals surface area contributed by atoms with E-state index in [4.69, 9.17) is 4.98 Å². The van der Waals surface area contributed by atoms with Crippen LogP contribution in [0.2, 0.25) is 0 Å². The van der Waals surface area contributed by atoms with Gasteiger partial charge in [-0.1, -0.05) is 26.8 Å². The normalized spacial score (nSPS) is 11.2. The number of rotatable bonds is 7. The monoisotopic (exact) mass is 289 g/mol. The molecule has 2 aromatic heterocycles. The molecule has 108 valence electrons. The zero-order valence-electron chi connectivity index (χ0n) is 12.5. The van der Waals surface area contributed by atoms with E-state index in [1.807, 2.05) is 24.4 Å². The van der Waals surface area contributed by atoms with Crippen LogP contribution in [0, 0.1) is 5.92 Å². The Hall–Kier alpha value is -1.26. The second-order valence-electron chi connectivity index (χ2n) is 5.38. The van der Waals surface area contributed by atoms with E-state index < -0.39 is 0 Å². The van der Waals surface area contributed by atoms with Gasteiger partial charge in [0.15, 0.2) is 0 Å². The average Bonchev–Trinajstić information content (AvgIpc) is 2.83. The van der Waals surface area contributed by atoms with Gasteiger partial charge in [0.2, 0.25) is 0 Å². The first-order valence-corrected chi connectivity index (χ1v) is 8.13. The number of hydrogen-bond donors (Lipinski definition) is 1. The molecule has 3 nitrogen and oxygen atoms in total. The summed E-state index contributed by atoms with van der Waals surface area (Å²) in [5, 5.41) is 4.52. The van der Waals surface area contributed by atoms with Crippen molar-refractivity contribution in [2.24, 2.45) is 5.92 Å². The molecule has 0 aliphatic carbocycles. The molecule has 0 radical (unpaired) electrons. The van der Waals surface area contributed by atoms with E-state index in [2.05, 4.69) is 31.1 Å². The quantitative estimate of drug-likeness (QED) is 0.785. The Morgan fingerprint density at radius 1 is 1.30 bits per heavy atom. The van der Waals surface area contributed by atoms with Gasteiger partial charge in [0.25, 0.3) is 0 Å². The van der Waals surface area contributed by atoms with E-state index in [1.54, 1.807) is 11.3 Å². The Balaban J connectivity index is 2.22. The Kier molecular flexibility index (Phi) is 5.68. The number of hydrogen-bond acceptors (Lipinski definition) is 4. The molecular weight excluding hydrogens is 266 g/mol. The van der Waals surface area contributed by atoms with Crippen molar-refractivity contribution in [3.8, 4) is 10.7 Å². The first-order chi connectivity index (χ1) is 9.70. The summed E-state index contributed by atoms with van der Waals surface area (Å²) in [6, 6.07) is 5.98. The molecule has 0 fully saturated rings. The topological polar surface area (TPSA) is 37.8 Å². The van der Waals surface area contributed by atoms with Gasteiger partial charge >= 0.3 is 0 Å². The molecule has 0 saturated heterocycles. The third-order valence-electron chi connectivity index (χ3n) is 2.98. The van der Waals surface area contributed by atoms with Gasteiger partial charge in [-0.2, -0.15) is 0 Å². The zero-order valence-corrected chi connectivity index (χ0v) is 13.3. The molecular formula is C16H23N3S. The van der Waals surface area contributed by atoms with E-state index in [0.717, 1.165) is 36.6 Å². The zero-order chi connectivity index (χ0) is 14.4. The van der Waals surface area contributed by atoms with E-state index >= 15 is 0 Å². The van der Waals surface area contributed by atoms with Crippen LogP contribution in [0.1, 0.15) is 37.8 Å². The molecule has 0 unspecified atom stereocenters. The molecule has 0 atom stereocenters. The van der Waals surface area contributed by atoms with Gasteiger partial charge in [-0.3, -0.25) is 4.98 Å². The van der Waals surface area contributed by atoms with Crippen molar-refractivity contribution in [1.29, 1.82) is 0 Å². The molecule has 0 aromatic carbocycles. The van der Waals surface area contributed by atoms with Crippen molar-refractivity contribution in [2.75, 3.05) is 6.54 Å². The molecule has 4 heteroatoms. The summed E-state index contributed by atoms with van der Waals surface area (Å²) in [6.07, 6.45) is 4.02. The predicted molar refractivity (Wildman–Crippen MR) is 85.9 cm³/mol. The summed E-state index contributed by atoms with van der Waals surface area (Å²) >= 11 is 1.77. The van der Waals surface area contributed by atoms with Gasteiger partial charge in [-0.25, -0.2) is 4.98 Å². The molecule has 20 heavy (non-hydrogen) atoms. The number of pyridine rings is 1. The summed E-state index contributed by atoms with van der Waals surface area (Å²) in [5.41, 5.74) is 2.21. The number of thiazole rings is 1. The van der Waals surface area contributed by atoms with Crippen LogP contribution in [0.15, 0.2) is 24.4 Å². The van der Waals surface area contributed by atoms with Gasteiger partial charge in [-0.15, -0.1) is 11.3 Å². The molecule has 0 bridgehead atoms. The Morgan fingerprint density at radius 2 is 2.15 bits per heavy atom. The summed E-state index contributed by atoms with van der Waals surface area (Å²) in [5.74, 6) is 0.624. The fourth-order valence-corrected chi connectivity index (χ4v) is 3.08. The maximum atomic E-state index is 4.82. The molecule has 0 aliphatic heterocycles. The maximum Gasteiger partial charge on any atom is 0.142 e. The molecule has 2 rings (SSSR count). The summed E-state index contributed by atoms with van der Waals surface area (Å²) in [7, 11) is 0. The summed E-state index contributed by atoms with van der Waals surface area (Å²) in [6.45, 7) is 8.64. The van der Waals surface area contributed by atoms with Crippen molar-refractivity contribution >= 4 is 11.3 Å². The van der Waals surface area contributed by atoms with Gasteiger partial charge in [0.05, 0.1) is 11.4 Å². The molecule has 0 amide bonds. The van der Waals surface area contributed by atoms with E-state index in [1.165, 1.54) is 10.6 Å². The predicted octanol–water partition coefficient (Wildman–Crippen LogP) is 3.90. The molecule has 0 spiro atoms. The van der Waals surface area contributed by atoms with Crippen molar-refractivity contribution < 1.29 is 0 Å². The lowest BCUT2D eigenvalue weighted by Gasteiger charge is -2.05. The SMILES string of the molecule is CCCNCc1sc(-c2ccccn2)nc1CC(C)C. The van der Waals surface area contributed by atoms with E-state index in [-0.39, 0.29) is 0 Å². The van der Waals surface area contributed by atoms with Gasteiger partial charge in [0, 0.05) is 17.6 Å². The summed E-state index contributed by atoms with van der Waals surface area (Å²) in [4.78, 5) is 10.6. The molecule has 0 aliphatic rings. The minimum absolute atomic E-state index is 0.624. The molecule has 2 heterocycles. The Morgan fingerprint density at radius 3 is 2.80 bits per heavy atom. The fourth-order valence-electron chi connectivity index (χ4n) is 2.05. The lowest BCUT2D eigenvalue weighted by atomic mass is 10.1. The van der Waals surface area contributed by atoms with Crippen molar-refractivity contribution in [1.82, 2.24) is 15.3 Å². The van der Waals surface area contributed by atoms with Crippen LogP contribution in [0.4, 0.5) is 0 Å². The third-order valence-corrected chi connectivity index (χ3v) is 4.10. The highest BCUT2D eigenvalue weighted by Crippen LogP contribution is 2.28. The van der Waals surface area contributed by atoms with Gasteiger partial charge in [-0.05, 0) is 37.4 Å². The highest BCUT2D eigenvalue weighted by atomic mass is 32.1. The molecule has 0 saturated carbocycles. The first-order valence-electron chi connectivity index (χ1n) is 7.31. The van der Waals surface area contributed by atoms with Crippen LogP contribution < -0.4 is 5.32 Å². The second kappa shape index (κ2) is 7.50. The lowest BCUT2D eigenvalue weighted by Crippen LogP contribution is -2.14. The second-order valence-corrected chi connectivity index (χ2v) is 6.46. The number of nitrogens with one attached hydrogen (secondary N) is 1. The Bertz CT molecular complexity index is 520. The largest absolute Gasteiger partial charge is 0.312 e.